The summed E-state index contributed by atoms with van der Waals surface area (Å²) in [5, 5.41) is 8.80. The fourth-order valence-electron chi connectivity index (χ4n) is 6.47. The minimum absolute atomic E-state index is 0.0195. The topological polar surface area (TPSA) is 149 Å². The van der Waals surface area contributed by atoms with Gasteiger partial charge in [-0.2, -0.15) is 0 Å². The average molecular weight is 739 g/mol. The predicted molar refractivity (Wildman–Crippen MR) is 209 cm³/mol. The smallest absolute Gasteiger partial charge is 0.250 e. The summed E-state index contributed by atoms with van der Waals surface area (Å²) in [7, 11) is 3.10. The standard InChI is InChI=1S/C43H54N4O7/c1-7-29(4)40(41(44)49)46-42(50)37(23-32-18-13-17-31-16-11-12-19-36(31)32)47(54-27-30-14-9-8-10-15-30)43(51)34(22-28(2)3)24-39(48)45-26-33-20-21-35(52-5)25-38(33)53-6/h8-21,25,28-29,34,37,40H,7,22-24,26-27H2,1-6H3,(H2,44,49)(H,45,48)(H,46,50)/t29?,34?,37-,40-/m0/s1. The quantitative estimate of drug-likeness (QED) is 0.0927. The van der Waals surface area contributed by atoms with Crippen LogP contribution < -0.4 is 25.8 Å². The Morgan fingerprint density at radius 3 is 2.20 bits per heavy atom. The molecule has 0 spiro atoms. The van der Waals surface area contributed by atoms with E-state index < -0.39 is 35.7 Å². The normalized spacial score (nSPS) is 13.4. The number of primary amides is 1. The minimum atomic E-state index is -1.22. The number of rotatable bonds is 20. The van der Waals surface area contributed by atoms with E-state index in [1.807, 2.05) is 107 Å². The average Bonchev–Trinajstić information content (AvgIpc) is 3.18. The molecule has 0 radical (unpaired) electrons. The Bertz CT molecular complexity index is 1860. The number of hydroxylamine groups is 2. The molecular weight excluding hydrogens is 684 g/mol. The third kappa shape index (κ3) is 11.3. The molecule has 4 N–H and O–H groups in total. The zero-order valence-electron chi connectivity index (χ0n) is 32.2. The van der Waals surface area contributed by atoms with Crippen LogP contribution in [0.2, 0.25) is 0 Å². The van der Waals surface area contributed by atoms with E-state index >= 15 is 0 Å². The van der Waals surface area contributed by atoms with E-state index in [2.05, 4.69) is 10.6 Å². The van der Waals surface area contributed by atoms with Crippen LogP contribution >= 0.6 is 0 Å². The second kappa shape index (κ2) is 20.1. The number of amides is 4. The molecule has 4 aromatic rings. The molecular formula is C43H54N4O7. The molecule has 4 amide bonds. The van der Waals surface area contributed by atoms with Crippen LogP contribution in [0, 0.1) is 17.8 Å². The number of hydrogen-bond donors (Lipinski definition) is 3. The molecule has 54 heavy (non-hydrogen) atoms. The van der Waals surface area contributed by atoms with Crippen LogP contribution in [0.4, 0.5) is 0 Å². The van der Waals surface area contributed by atoms with Crippen molar-refractivity contribution in [3.8, 4) is 11.5 Å². The Hall–Kier alpha value is -5.42. The highest BCUT2D eigenvalue weighted by Crippen LogP contribution is 2.27. The summed E-state index contributed by atoms with van der Waals surface area (Å²) in [5.41, 5.74) is 8.12. The number of ether oxygens (including phenoxy) is 2. The van der Waals surface area contributed by atoms with Crippen molar-refractivity contribution in [2.24, 2.45) is 23.5 Å². The largest absolute Gasteiger partial charge is 0.497 e. The SMILES string of the molecule is CCC(C)[C@H](NC(=O)[C@H](Cc1cccc2ccccc12)N(OCc1ccccc1)C(=O)C(CC(=O)NCc1ccc(OC)cc1OC)CC(C)C)C(N)=O. The molecule has 0 saturated carbocycles. The highest BCUT2D eigenvalue weighted by Gasteiger charge is 2.38. The van der Waals surface area contributed by atoms with E-state index in [4.69, 9.17) is 20.0 Å². The van der Waals surface area contributed by atoms with Crippen molar-refractivity contribution in [3.63, 3.8) is 0 Å². The van der Waals surface area contributed by atoms with Crippen molar-refractivity contribution in [1.82, 2.24) is 15.7 Å². The van der Waals surface area contributed by atoms with Crippen LogP contribution in [0.15, 0.2) is 91.0 Å². The molecule has 0 aromatic heterocycles. The van der Waals surface area contributed by atoms with Crippen LogP contribution in [-0.2, 0) is 43.6 Å². The molecule has 0 aliphatic heterocycles. The van der Waals surface area contributed by atoms with E-state index in [1.165, 1.54) is 0 Å². The highest BCUT2D eigenvalue weighted by atomic mass is 16.7. The summed E-state index contributed by atoms with van der Waals surface area (Å²) in [6.45, 7) is 7.83. The van der Waals surface area contributed by atoms with Gasteiger partial charge in [-0.25, -0.2) is 5.06 Å². The molecule has 11 heteroatoms. The van der Waals surface area contributed by atoms with Crippen LogP contribution in [0.3, 0.4) is 0 Å². The van der Waals surface area contributed by atoms with Gasteiger partial charge in [0.2, 0.25) is 17.7 Å². The van der Waals surface area contributed by atoms with Gasteiger partial charge in [0.05, 0.1) is 14.2 Å². The second-order valence-electron chi connectivity index (χ2n) is 14.0. The van der Waals surface area contributed by atoms with E-state index in [0.29, 0.717) is 24.3 Å². The van der Waals surface area contributed by atoms with Crippen molar-refractivity contribution in [2.75, 3.05) is 14.2 Å². The summed E-state index contributed by atoms with van der Waals surface area (Å²) in [5.74, 6) is -2.04. The molecule has 2 unspecified atom stereocenters. The van der Waals surface area contributed by atoms with Gasteiger partial charge in [0.15, 0.2) is 0 Å². The van der Waals surface area contributed by atoms with Crippen LogP contribution in [0.1, 0.15) is 63.6 Å². The van der Waals surface area contributed by atoms with Crippen molar-refractivity contribution < 1.29 is 33.5 Å². The molecule has 11 nitrogen and oxygen atoms in total. The Labute approximate surface area is 318 Å². The molecule has 0 bridgehead atoms. The van der Waals surface area contributed by atoms with E-state index in [-0.39, 0.29) is 43.7 Å². The third-order valence-electron chi connectivity index (χ3n) is 9.63. The van der Waals surface area contributed by atoms with Gasteiger partial charge in [-0.05, 0) is 52.3 Å². The zero-order valence-corrected chi connectivity index (χ0v) is 32.2. The Balaban J connectivity index is 1.73. The molecule has 4 aromatic carbocycles. The number of benzene rings is 4. The lowest BCUT2D eigenvalue weighted by Crippen LogP contribution is -2.57. The van der Waals surface area contributed by atoms with E-state index in [9.17, 15) is 19.2 Å². The minimum Gasteiger partial charge on any atom is -0.497 e. The van der Waals surface area contributed by atoms with Crippen molar-refractivity contribution >= 4 is 34.4 Å². The molecule has 0 heterocycles. The number of nitrogens with one attached hydrogen (secondary N) is 2. The van der Waals surface area contributed by atoms with Crippen molar-refractivity contribution in [1.29, 1.82) is 0 Å². The van der Waals surface area contributed by atoms with Gasteiger partial charge in [0.25, 0.3) is 5.91 Å². The number of nitrogens with two attached hydrogens (primary N) is 1. The van der Waals surface area contributed by atoms with Crippen molar-refractivity contribution in [2.45, 2.75) is 78.6 Å². The van der Waals surface area contributed by atoms with Gasteiger partial charge in [0, 0.05) is 36.9 Å². The first-order valence-corrected chi connectivity index (χ1v) is 18.5. The Kier molecular flexibility index (Phi) is 15.4. The van der Waals surface area contributed by atoms with Gasteiger partial charge < -0.3 is 25.8 Å². The first kappa shape index (κ1) is 41.3. The summed E-state index contributed by atoms with van der Waals surface area (Å²) >= 11 is 0. The van der Waals surface area contributed by atoms with E-state index in [1.54, 1.807) is 26.4 Å². The van der Waals surface area contributed by atoms with Gasteiger partial charge in [0.1, 0.15) is 30.2 Å². The molecule has 4 atom stereocenters. The number of fused-ring (bicyclic) bond motifs is 1. The monoisotopic (exact) mass is 738 g/mol. The van der Waals surface area contributed by atoms with E-state index in [0.717, 1.165) is 32.5 Å². The molecule has 0 fully saturated rings. The lowest BCUT2D eigenvalue weighted by atomic mass is 9.91. The van der Waals surface area contributed by atoms with Gasteiger partial charge >= 0.3 is 0 Å². The summed E-state index contributed by atoms with van der Waals surface area (Å²) in [6, 6.07) is 26.0. The Morgan fingerprint density at radius 2 is 1.54 bits per heavy atom. The first-order valence-electron chi connectivity index (χ1n) is 18.5. The zero-order chi connectivity index (χ0) is 39.2. The highest BCUT2D eigenvalue weighted by molar-refractivity contribution is 5.94. The number of hydrogen-bond acceptors (Lipinski definition) is 7. The number of methoxy groups -OCH3 is 2. The lowest BCUT2D eigenvalue weighted by molar-refractivity contribution is -0.211. The lowest BCUT2D eigenvalue weighted by Gasteiger charge is -2.34. The maximum Gasteiger partial charge on any atom is 0.250 e. The predicted octanol–water partition coefficient (Wildman–Crippen LogP) is 6.11. The number of carbonyl (C=O) groups is 4. The molecule has 4 rings (SSSR count). The van der Waals surface area contributed by atoms with Crippen molar-refractivity contribution in [3.05, 3.63) is 108 Å². The fourth-order valence-corrected chi connectivity index (χ4v) is 6.47. The molecule has 0 aliphatic carbocycles. The second-order valence-corrected chi connectivity index (χ2v) is 14.0. The third-order valence-corrected chi connectivity index (χ3v) is 9.63. The van der Waals surface area contributed by atoms with Crippen LogP contribution in [-0.4, -0.2) is 55.0 Å². The van der Waals surface area contributed by atoms with Gasteiger partial charge in [-0.1, -0.05) is 107 Å². The maximum atomic E-state index is 14.9. The first-order chi connectivity index (χ1) is 25.9. The molecule has 0 saturated heterocycles. The fraction of sp³-hybridized carbons (Fsp3) is 0.395. The number of nitrogens with zero attached hydrogens (tertiary/aromatic N) is 1. The number of carbonyl (C=O) groups excluding carboxylic acids is 4. The Morgan fingerprint density at radius 1 is 0.833 bits per heavy atom. The van der Waals surface area contributed by atoms with Crippen LogP contribution in [0.5, 0.6) is 11.5 Å². The van der Waals surface area contributed by atoms with Gasteiger partial charge in [-0.15, -0.1) is 0 Å². The summed E-state index contributed by atoms with van der Waals surface area (Å²) in [4.78, 5) is 62.0. The molecule has 288 valence electrons. The van der Waals surface area contributed by atoms with Crippen LogP contribution in [0.25, 0.3) is 10.8 Å². The molecule has 0 aliphatic rings. The van der Waals surface area contributed by atoms with Gasteiger partial charge in [-0.3, -0.25) is 24.0 Å². The summed E-state index contributed by atoms with van der Waals surface area (Å²) in [6.07, 6.45) is 0.851. The maximum absolute atomic E-state index is 14.9. The summed E-state index contributed by atoms with van der Waals surface area (Å²) < 4.78 is 10.8.